The van der Waals surface area contributed by atoms with Crippen molar-refractivity contribution in [3.8, 4) is 0 Å². The molecule has 1 aromatic heterocycles. The van der Waals surface area contributed by atoms with E-state index in [1.807, 2.05) is 0 Å². The number of anilines is 1. The van der Waals surface area contributed by atoms with Gasteiger partial charge < -0.3 is 10.3 Å². The van der Waals surface area contributed by atoms with Gasteiger partial charge in [0.2, 0.25) is 5.56 Å². The van der Waals surface area contributed by atoms with Crippen molar-refractivity contribution >= 4 is 22.5 Å². The molecule has 3 aromatic rings. The van der Waals surface area contributed by atoms with E-state index in [1.165, 1.54) is 24.3 Å². The molecule has 0 aliphatic rings. The number of fused-ring (bicyclic) bond motifs is 1. The van der Waals surface area contributed by atoms with Crippen LogP contribution in [0, 0.1) is 5.82 Å². The van der Waals surface area contributed by atoms with E-state index in [4.69, 9.17) is 0 Å². The number of halogens is 1. The van der Waals surface area contributed by atoms with E-state index in [-0.39, 0.29) is 16.8 Å². The number of nitrogens with one attached hydrogen (secondary N) is 2. The first-order valence-electron chi connectivity index (χ1n) is 6.33. The first kappa shape index (κ1) is 13.1. The Bertz CT molecular complexity index is 887. The van der Waals surface area contributed by atoms with Crippen LogP contribution in [0.3, 0.4) is 0 Å². The molecule has 0 saturated heterocycles. The van der Waals surface area contributed by atoms with Crippen molar-refractivity contribution < 1.29 is 9.18 Å². The minimum absolute atomic E-state index is 0.0758. The van der Waals surface area contributed by atoms with Gasteiger partial charge in [-0.25, -0.2) is 4.39 Å². The summed E-state index contributed by atoms with van der Waals surface area (Å²) >= 11 is 0. The number of carbonyl (C=O) groups excluding carboxylic acids is 1. The van der Waals surface area contributed by atoms with Crippen molar-refractivity contribution in [3.63, 3.8) is 0 Å². The zero-order valence-electron chi connectivity index (χ0n) is 10.9. The zero-order chi connectivity index (χ0) is 14.8. The van der Waals surface area contributed by atoms with E-state index in [0.717, 1.165) is 0 Å². The smallest absolute Gasteiger partial charge is 0.256 e. The molecule has 0 bridgehead atoms. The van der Waals surface area contributed by atoms with Crippen LogP contribution in [-0.2, 0) is 0 Å². The minimum Gasteiger partial charge on any atom is -0.322 e. The quantitative estimate of drug-likeness (QED) is 0.759. The van der Waals surface area contributed by atoms with Gasteiger partial charge in [-0.15, -0.1) is 0 Å². The van der Waals surface area contributed by atoms with Crippen LogP contribution in [0.2, 0.25) is 0 Å². The molecule has 0 radical (unpaired) electrons. The van der Waals surface area contributed by atoms with E-state index in [1.54, 1.807) is 30.3 Å². The highest BCUT2D eigenvalue weighted by Gasteiger charge is 2.13. The summed E-state index contributed by atoms with van der Waals surface area (Å²) < 4.78 is 13.6. The van der Waals surface area contributed by atoms with Crippen molar-refractivity contribution in [1.82, 2.24) is 4.98 Å². The predicted molar refractivity (Wildman–Crippen MR) is 78.9 cm³/mol. The molecule has 0 atom stereocenters. The molecule has 0 unspecified atom stereocenters. The van der Waals surface area contributed by atoms with Gasteiger partial charge in [0.25, 0.3) is 5.91 Å². The molecule has 104 valence electrons. The number of hydrogen-bond acceptors (Lipinski definition) is 2. The third-order valence-electron chi connectivity index (χ3n) is 3.12. The number of H-pyrrole nitrogens is 1. The summed E-state index contributed by atoms with van der Waals surface area (Å²) in [6, 6.07) is 14.0. The van der Waals surface area contributed by atoms with E-state index in [0.29, 0.717) is 10.9 Å². The van der Waals surface area contributed by atoms with Crippen molar-refractivity contribution in [1.29, 1.82) is 0 Å². The minimum atomic E-state index is -0.528. The third kappa shape index (κ3) is 2.53. The number of aromatic amines is 1. The molecule has 0 spiro atoms. The summed E-state index contributed by atoms with van der Waals surface area (Å²) in [5.41, 5.74) is 0.459. The Morgan fingerprint density at radius 2 is 1.76 bits per heavy atom. The van der Waals surface area contributed by atoms with E-state index < -0.39 is 11.7 Å². The molecular formula is C16H11FN2O2. The molecule has 5 heteroatoms. The first-order chi connectivity index (χ1) is 10.1. The van der Waals surface area contributed by atoms with Crippen LogP contribution < -0.4 is 10.9 Å². The lowest BCUT2D eigenvalue weighted by Gasteiger charge is -2.08. The highest BCUT2D eigenvalue weighted by atomic mass is 19.1. The molecule has 2 N–H and O–H groups in total. The molecule has 4 nitrogen and oxygen atoms in total. The summed E-state index contributed by atoms with van der Waals surface area (Å²) in [7, 11) is 0. The van der Waals surface area contributed by atoms with Crippen LogP contribution in [0.4, 0.5) is 10.1 Å². The summed E-state index contributed by atoms with van der Waals surface area (Å²) in [6.45, 7) is 0. The van der Waals surface area contributed by atoms with Crippen molar-refractivity contribution in [2.45, 2.75) is 0 Å². The Morgan fingerprint density at radius 3 is 2.57 bits per heavy atom. The maximum atomic E-state index is 13.6. The number of pyridine rings is 1. The van der Waals surface area contributed by atoms with Crippen molar-refractivity contribution in [2.24, 2.45) is 0 Å². The van der Waals surface area contributed by atoms with Crippen LogP contribution in [-0.4, -0.2) is 10.9 Å². The lowest BCUT2D eigenvalue weighted by Crippen LogP contribution is -2.17. The molecule has 0 aliphatic heterocycles. The summed E-state index contributed by atoms with van der Waals surface area (Å²) in [5.74, 6) is -1.05. The van der Waals surface area contributed by atoms with Crippen LogP contribution in [0.25, 0.3) is 10.9 Å². The zero-order valence-corrected chi connectivity index (χ0v) is 10.9. The number of carbonyl (C=O) groups is 1. The van der Waals surface area contributed by atoms with Crippen LogP contribution >= 0.6 is 0 Å². The monoisotopic (exact) mass is 282 g/mol. The lowest BCUT2D eigenvalue weighted by molar-refractivity contribution is 0.102. The van der Waals surface area contributed by atoms with E-state index >= 15 is 0 Å². The van der Waals surface area contributed by atoms with E-state index in [9.17, 15) is 14.0 Å². The molecule has 2 aromatic carbocycles. The third-order valence-corrected chi connectivity index (χ3v) is 3.12. The van der Waals surface area contributed by atoms with Crippen LogP contribution in [0.1, 0.15) is 10.4 Å². The lowest BCUT2D eigenvalue weighted by atomic mass is 10.1. The summed E-state index contributed by atoms with van der Waals surface area (Å²) in [5, 5.41) is 3.08. The highest BCUT2D eigenvalue weighted by molar-refractivity contribution is 6.12. The first-order valence-corrected chi connectivity index (χ1v) is 6.33. The molecule has 3 rings (SSSR count). The molecule has 0 fully saturated rings. The maximum Gasteiger partial charge on any atom is 0.256 e. The topological polar surface area (TPSA) is 62.0 Å². The Labute approximate surface area is 119 Å². The summed E-state index contributed by atoms with van der Waals surface area (Å²) in [4.78, 5) is 26.6. The molecule has 0 aliphatic carbocycles. The van der Waals surface area contributed by atoms with E-state index in [2.05, 4.69) is 10.3 Å². The van der Waals surface area contributed by atoms with Gasteiger partial charge in [0.1, 0.15) is 5.82 Å². The van der Waals surface area contributed by atoms with Gasteiger partial charge >= 0.3 is 0 Å². The van der Waals surface area contributed by atoms with Gasteiger partial charge in [0.05, 0.1) is 11.3 Å². The van der Waals surface area contributed by atoms with Crippen molar-refractivity contribution in [2.75, 3.05) is 5.32 Å². The van der Waals surface area contributed by atoms with Gasteiger partial charge in [0, 0.05) is 17.0 Å². The average Bonchev–Trinajstić information content (AvgIpc) is 2.48. The van der Waals surface area contributed by atoms with Crippen LogP contribution in [0.15, 0.2) is 59.4 Å². The number of hydrogen-bond donors (Lipinski definition) is 2. The average molecular weight is 282 g/mol. The maximum absolute atomic E-state index is 13.6. The van der Waals surface area contributed by atoms with Gasteiger partial charge in [-0.3, -0.25) is 9.59 Å². The van der Waals surface area contributed by atoms with Gasteiger partial charge in [-0.1, -0.05) is 30.3 Å². The Balaban J connectivity index is 2.06. The molecule has 21 heavy (non-hydrogen) atoms. The second-order valence-corrected chi connectivity index (χ2v) is 4.53. The second kappa shape index (κ2) is 5.20. The van der Waals surface area contributed by atoms with Gasteiger partial charge in [-0.05, 0) is 18.2 Å². The fraction of sp³-hybridized carbons (Fsp3) is 0. The molecule has 1 heterocycles. The number of aromatic nitrogens is 1. The van der Waals surface area contributed by atoms with Crippen molar-refractivity contribution in [3.05, 3.63) is 76.3 Å². The van der Waals surface area contributed by atoms with Gasteiger partial charge in [-0.2, -0.15) is 0 Å². The fourth-order valence-corrected chi connectivity index (χ4v) is 2.14. The second-order valence-electron chi connectivity index (χ2n) is 4.53. The number of para-hydroxylation sites is 2. The van der Waals surface area contributed by atoms with Gasteiger partial charge in [0.15, 0.2) is 0 Å². The standard InChI is InChI=1S/C16H11FN2O2/c17-12-6-2-4-8-14(12)19-16(21)11-9-15(20)18-13-7-3-1-5-10(11)13/h1-9H,(H,18,20)(H,19,21). The Hall–Kier alpha value is -2.95. The molecule has 1 amide bonds. The number of amides is 1. The Kier molecular flexibility index (Phi) is 3.23. The fourth-order valence-electron chi connectivity index (χ4n) is 2.14. The number of rotatable bonds is 2. The summed E-state index contributed by atoms with van der Waals surface area (Å²) in [6.07, 6.45) is 0. The highest BCUT2D eigenvalue weighted by Crippen LogP contribution is 2.18. The largest absolute Gasteiger partial charge is 0.322 e. The SMILES string of the molecule is O=C(Nc1ccccc1F)c1cc(=O)[nH]c2ccccc12. The Morgan fingerprint density at radius 1 is 1.05 bits per heavy atom. The number of benzene rings is 2. The normalized spacial score (nSPS) is 10.5. The van der Waals surface area contributed by atoms with Crippen LogP contribution in [0.5, 0.6) is 0 Å². The molecule has 0 saturated carbocycles. The predicted octanol–water partition coefficient (Wildman–Crippen LogP) is 2.92. The molecular weight excluding hydrogens is 271 g/mol.